The van der Waals surface area contributed by atoms with Gasteiger partial charge in [0.05, 0.1) is 0 Å². The number of halogens is 2. The lowest BCUT2D eigenvalue weighted by Crippen LogP contribution is -2.46. The van der Waals surface area contributed by atoms with Gasteiger partial charge in [-0.1, -0.05) is 19.3 Å². The SMILES string of the molecule is O=C(O)C(F)(F)C(O)C1CCCCC1. The van der Waals surface area contributed by atoms with E-state index in [0.717, 1.165) is 19.3 Å². The molecule has 1 aliphatic rings. The van der Waals surface area contributed by atoms with Gasteiger partial charge < -0.3 is 10.2 Å². The predicted octanol–water partition coefficient (Wildman–Crippen LogP) is 1.65. The first-order valence-corrected chi connectivity index (χ1v) is 4.75. The molecule has 5 heteroatoms. The van der Waals surface area contributed by atoms with Crippen molar-refractivity contribution in [2.75, 3.05) is 0 Å². The molecule has 1 atom stereocenters. The molecule has 1 aliphatic carbocycles. The van der Waals surface area contributed by atoms with Gasteiger partial charge in [-0.3, -0.25) is 0 Å². The molecule has 0 heterocycles. The van der Waals surface area contributed by atoms with Crippen LogP contribution in [0.5, 0.6) is 0 Å². The van der Waals surface area contributed by atoms with Gasteiger partial charge in [0.25, 0.3) is 0 Å². The second-order valence-corrected chi connectivity index (χ2v) is 3.77. The standard InChI is InChI=1S/C9H14F2O3/c10-9(11,8(13)14)7(12)6-4-2-1-3-5-6/h6-7,12H,1-5H2,(H,13,14). The van der Waals surface area contributed by atoms with Crippen molar-refractivity contribution in [1.29, 1.82) is 0 Å². The highest BCUT2D eigenvalue weighted by molar-refractivity contribution is 5.76. The molecule has 0 radical (unpaired) electrons. The number of hydrogen-bond donors (Lipinski definition) is 2. The highest BCUT2D eigenvalue weighted by Gasteiger charge is 2.50. The fourth-order valence-electron chi connectivity index (χ4n) is 1.87. The van der Waals surface area contributed by atoms with Crippen LogP contribution in [0.15, 0.2) is 0 Å². The quantitative estimate of drug-likeness (QED) is 0.741. The van der Waals surface area contributed by atoms with Crippen LogP contribution in [0.1, 0.15) is 32.1 Å². The average Bonchev–Trinajstić information content (AvgIpc) is 2.17. The molecule has 1 fully saturated rings. The van der Waals surface area contributed by atoms with Crippen LogP contribution >= 0.6 is 0 Å². The number of aliphatic hydroxyl groups is 1. The van der Waals surface area contributed by atoms with Crippen molar-refractivity contribution in [2.45, 2.75) is 44.1 Å². The molecule has 0 spiro atoms. The number of carbonyl (C=O) groups is 1. The summed E-state index contributed by atoms with van der Waals surface area (Å²) in [5.74, 6) is -6.83. The second kappa shape index (κ2) is 4.21. The highest BCUT2D eigenvalue weighted by atomic mass is 19.3. The normalized spacial score (nSPS) is 21.9. The van der Waals surface area contributed by atoms with Crippen LogP contribution in [-0.4, -0.2) is 28.2 Å². The Labute approximate surface area is 80.7 Å². The third kappa shape index (κ3) is 2.20. The fourth-order valence-corrected chi connectivity index (χ4v) is 1.87. The van der Waals surface area contributed by atoms with E-state index in [1.54, 1.807) is 0 Å². The van der Waals surface area contributed by atoms with Crippen LogP contribution in [0.3, 0.4) is 0 Å². The molecule has 0 saturated heterocycles. The van der Waals surface area contributed by atoms with E-state index in [4.69, 9.17) is 5.11 Å². The van der Waals surface area contributed by atoms with Crippen molar-refractivity contribution in [2.24, 2.45) is 5.92 Å². The zero-order valence-electron chi connectivity index (χ0n) is 7.75. The van der Waals surface area contributed by atoms with Crippen molar-refractivity contribution in [3.8, 4) is 0 Å². The molecule has 3 nitrogen and oxygen atoms in total. The summed E-state index contributed by atoms with van der Waals surface area (Å²) in [6.07, 6.45) is 1.49. The minimum Gasteiger partial charge on any atom is -0.477 e. The first kappa shape index (κ1) is 11.4. The molecular formula is C9H14F2O3. The number of carboxylic acid groups (broad SMARTS) is 1. The molecule has 82 valence electrons. The van der Waals surface area contributed by atoms with E-state index in [-0.39, 0.29) is 0 Å². The molecule has 0 aromatic carbocycles. The average molecular weight is 208 g/mol. The van der Waals surface area contributed by atoms with Crippen molar-refractivity contribution in [3.05, 3.63) is 0 Å². The van der Waals surface area contributed by atoms with Crippen LogP contribution < -0.4 is 0 Å². The third-order valence-corrected chi connectivity index (χ3v) is 2.75. The van der Waals surface area contributed by atoms with E-state index in [1.807, 2.05) is 0 Å². The molecule has 0 aromatic heterocycles. The van der Waals surface area contributed by atoms with Gasteiger partial charge in [0.1, 0.15) is 6.10 Å². The lowest BCUT2D eigenvalue weighted by Gasteiger charge is -2.29. The molecule has 0 aromatic rings. The number of aliphatic hydroxyl groups excluding tert-OH is 1. The predicted molar refractivity (Wildman–Crippen MR) is 45.2 cm³/mol. The Bertz CT molecular complexity index is 212. The summed E-state index contributed by atoms with van der Waals surface area (Å²) >= 11 is 0. The second-order valence-electron chi connectivity index (χ2n) is 3.77. The van der Waals surface area contributed by atoms with E-state index >= 15 is 0 Å². The Morgan fingerprint density at radius 1 is 1.29 bits per heavy atom. The van der Waals surface area contributed by atoms with Crippen molar-refractivity contribution < 1.29 is 23.8 Å². The molecular weight excluding hydrogens is 194 g/mol. The first-order valence-electron chi connectivity index (χ1n) is 4.75. The largest absolute Gasteiger partial charge is 0.477 e. The maximum Gasteiger partial charge on any atom is 0.377 e. The zero-order chi connectivity index (χ0) is 10.8. The Balaban J connectivity index is 2.62. The third-order valence-electron chi connectivity index (χ3n) is 2.75. The number of hydrogen-bond acceptors (Lipinski definition) is 2. The van der Waals surface area contributed by atoms with E-state index in [1.165, 1.54) is 0 Å². The van der Waals surface area contributed by atoms with Gasteiger partial charge >= 0.3 is 11.9 Å². The monoisotopic (exact) mass is 208 g/mol. The van der Waals surface area contributed by atoms with Crippen LogP contribution in [0.25, 0.3) is 0 Å². The van der Waals surface area contributed by atoms with Crippen molar-refractivity contribution >= 4 is 5.97 Å². The van der Waals surface area contributed by atoms with Crippen LogP contribution in [0.2, 0.25) is 0 Å². The summed E-state index contributed by atoms with van der Waals surface area (Å²) in [5.41, 5.74) is 0. The summed E-state index contributed by atoms with van der Waals surface area (Å²) in [6, 6.07) is 0. The van der Waals surface area contributed by atoms with Crippen LogP contribution in [0.4, 0.5) is 8.78 Å². The zero-order valence-corrected chi connectivity index (χ0v) is 7.75. The maximum absolute atomic E-state index is 12.9. The van der Waals surface area contributed by atoms with Gasteiger partial charge in [0, 0.05) is 0 Å². The fraction of sp³-hybridized carbons (Fsp3) is 0.889. The van der Waals surface area contributed by atoms with Gasteiger partial charge in [-0.05, 0) is 18.8 Å². The molecule has 0 amide bonds. The first-order chi connectivity index (χ1) is 6.46. The Kier molecular flexibility index (Phi) is 3.42. The Hall–Kier alpha value is -0.710. The smallest absolute Gasteiger partial charge is 0.377 e. The van der Waals surface area contributed by atoms with Gasteiger partial charge in [0.2, 0.25) is 0 Å². The summed E-state index contributed by atoms with van der Waals surface area (Å²) < 4.78 is 25.7. The molecule has 1 unspecified atom stereocenters. The van der Waals surface area contributed by atoms with Gasteiger partial charge in [-0.2, -0.15) is 8.78 Å². The minimum absolute atomic E-state index is 0.490. The van der Waals surface area contributed by atoms with Gasteiger partial charge in [0.15, 0.2) is 0 Å². The van der Waals surface area contributed by atoms with E-state index < -0.39 is 23.9 Å². The molecule has 1 rings (SSSR count). The van der Waals surface area contributed by atoms with E-state index in [0.29, 0.717) is 12.8 Å². The van der Waals surface area contributed by atoms with Crippen molar-refractivity contribution in [1.82, 2.24) is 0 Å². The Morgan fingerprint density at radius 3 is 2.21 bits per heavy atom. The maximum atomic E-state index is 12.9. The van der Waals surface area contributed by atoms with E-state index in [2.05, 4.69) is 0 Å². The highest BCUT2D eigenvalue weighted by Crippen LogP contribution is 2.33. The van der Waals surface area contributed by atoms with Gasteiger partial charge in [-0.15, -0.1) is 0 Å². The minimum atomic E-state index is -4.01. The Morgan fingerprint density at radius 2 is 1.79 bits per heavy atom. The van der Waals surface area contributed by atoms with Gasteiger partial charge in [-0.25, -0.2) is 4.79 Å². The van der Waals surface area contributed by atoms with Crippen LogP contribution in [0, 0.1) is 5.92 Å². The molecule has 0 bridgehead atoms. The molecule has 1 saturated carbocycles. The molecule has 14 heavy (non-hydrogen) atoms. The topological polar surface area (TPSA) is 57.5 Å². The van der Waals surface area contributed by atoms with Crippen LogP contribution in [-0.2, 0) is 4.79 Å². The number of aliphatic carboxylic acids is 1. The summed E-state index contributed by atoms with van der Waals surface area (Å²) in [5, 5.41) is 17.5. The number of rotatable bonds is 3. The number of alkyl halides is 2. The lowest BCUT2D eigenvalue weighted by molar-refractivity contribution is -0.189. The lowest BCUT2D eigenvalue weighted by atomic mass is 9.83. The number of carboxylic acids is 1. The molecule has 0 aliphatic heterocycles. The van der Waals surface area contributed by atoms with Crippen molar-refractivity contribution in [3.63, 3.8) is 0 Å². The summed E-state index contributed by atoms with van der Waals surface area (Å²) in [7, 11) is 0. The van der Waals surface area contributed by atoms with E-state index in [9.17, 15) is 18.7 Å². The summed E-state index contributed by atoms with van der Waals surface area (Å²) in [4.78, 5) is 10.2. The summed E-state index contributed by atoms with van der Waals surface area (Å²) in [6.45, 7) is 0. The molecule has 2 N–H and O–H groups in total.